The van der Waals surface area contributed by atoms with Gasteiger partial charge in [-0.1, -0.05) is 12.7 Å². The smallest absolute Gasteiger partial charge is 0.338 e. The van der Waals surface area contributed by atoms with Crippen molar-refractivity contribution in [3.05, 3.63) is 47.5 Å². The number of carbonyl (C=O) groups is 1. The van der Waals surface area contributed by atoms with Crippen molar-refractivity contribution in [1.29, 1.82) is 10.5 Å². The summed E-state index contributed by atoms with van der Waals surface area (Å²) in [5.41, 5.74) is 0.649. The van der Waals surface area contributed by atoms with Gasteiger partial charge in [0.1, 0.15) is 18.7 Å². The zero-order chi connectivity index (χ0) is 12.0. The Morgan fingerprint density at radius 3 is 2.62 bits per heavy atom. The fraction of sp³-hybridized carbons (Fsp3) is 0.0833. The summed E-state index contributed by atoms with van der Waals surface area (Å²) in [5, 5.41) is 17.5. The first-order chi connectivity index (χ1) is 7.72. The van der Waals surface area contributed by atoms with E-state index in [0.717, 1.165) is 0 Å². The molecule has 0 spiro atoms. The minimum Gasteiger partial charge on any atom is -0.458 e. The summed E-state index contributed by atoms with van der Waals surface area (Å²) in [5.74, 6) is -0.541. The Labute approximate surface area is 93.0 Å². The monoisotopic (exact) mass is 212 g/mol. The van der Waals surface area contributed by atoms with Crippen LogP contribution in [0, 0.1) is 22.7 Å². The molecule has 0 saturated carbocycles. The second kappa shape index (κ2) is 5.33. The highest BCUT2D eigenvalue weighted by Gasteiger charge is 2.09. The molecule has 16 heavy (non-hydrogen) atoms. The molecule has 1 aromatic rings. The van der Waals surface area contributed by atoms with Crippen LogP contribution in [0.1, 0.15) is 21.5 Å². The molecule has 78 valence electrons. The van der Waals surface area contributed by atoms with Gasteiger partial charge in [-0.05, 0) is 18.2 Å². The van der Waals surface area contributed by atoms with Gasteiger partial charge in [0, 0.05) is 0 Å². The van der Waals surface area contributed by atoms with E-state index in [4.69, 9.17) is 15.3 Å². The van der Waals surface area contributed by atoms with Crippen molar-refractivity contribution in [2.24, 2.45) is 0 Å². The van der Waals surface area contributed by atoms with Crippen LogP contribution in [0.25, 0.3) is 0 Å². The lowest BCUT2D eigenvalue weighted by Crippen LogP contribution is -2.05. The standard InChI is InChI=1S/C12H8N2O2/c1-2-5-16-12(15)9-3-4-10(7-13)11(6-9)8-14/h2-4,6H,1,5H2. The number of carbonyl (C=O) groups excluding carboxylic acids is 1. The zero-order valence-electron chi connectivity index (χ0n) is 8.43. The van der Waals surface area contributed by atoms with Crippen molar-refractivity contribution >= 4 is 5.97 Å². The summed E-state index contributed by atoms with van der Waals surface area (Å²) in [6.07, 6.45) is 1.45. The maximum Gasteiger partial charge on any atom is 0.338 e. The van der Waals surface area contributed by atoms with E-state index in [1.807, 2.05) is 12.1 Å². The molecule has 4 nitrogen and oxygen atoms in total. The van der Waals surface area contributed by atoms with E-state index >= 15 is 0 Å². The van der Waals surface area contributed by atoms with Crippen LogP contribution >= 0.6 is 0 Å². The Hall–Kier alpha value is -2.59. The Balaban J connectivity index is 3.01. The molecule has 0 unspecified atom stereocenters. The molecule has 0 saturated heterocycles. The SMILES string of the molecule is C=CCOC(=O)c1ccc(C#N)c(C#N)c1. The van der Waals surface area contributed by atoms with Crippen molar-refractivity contribution in [3.63, 3.8) is 0 Å². The summed E-state index contributed by atoms with van der Waals surface area (Å²) in [7, 11) is 0. The maximum absolute atomic E-state index is 11.4. The minimum absolute atomic E-state index is 0.112. The van der Waals surface area contributed by atoms with Crippen LogP contribution in [0.2, 0.25) is 0 Å². The van der Waals surface area contributed by atoms with Crippen molar-refractivity contribution in [1.82, 2.24) is 0 Å². The van der Waals surface area contributed by atoms with Crippen molar-refractivity contribution in [2.45, 2.75) is 0 Å². The van der Waals surface area contributed by atoms with E-state index < -0.39 is 5.97 Å². The molecular formula is C12H8N2O2. The molecule has 0 radical (unpaired) electrons. The van der Waals surface area contributed by atoms with Crippen LogP contribution < -0.4 is 0 Å². The van der Waals surface area contributed by atoms with Crippen LogP contribution in [0.5, 0.6) is 0 Å². The van der Waals surface area contributed by atoms with Crippen molar-refractivity contribution < 1.29 is 9.53 Å². The van der Waals surface area contributed by atoms with Gasteiger partial charge in [0.15, 0.2) is 0 Å². The van der Waals surface area contributed by atoms with Gasteiger partial charge in [-0.15, -0.1) is 0 Å². The Morgan fingerprint density at radius 2 is 2.06 bits per heavy atom. The first kappa shape index (κ1) is 11.5. The van der Waals surface area contributed by atoms with Crippen LogP contribution in [0.4, 0.5) is 0 Å². The summed E-state index contributed by atoms with van der Waals surface area (Å²) in [6.45, 7) is 3.53. The summed E-state index contributed by atoms with van der Waals surface area (Å²) in [4.78, 5) is 11.4. The molecule has 0 heterocycles. The average molecular weight is 212 g/mol. The van der Waals surface area contributed by atoms with Gasteiger partial charge in [0.25, 0.3) is 0 Å². The van der Waals surface area contributed by atoms with Gasteiger partial charge in [-0.25, -0.2) is 4.79 Å². The molecule has 0 fully saturated rings. The summed E-state index contributed by atoms with van der Waals surface area (Å²) >= 11 is 0. The summed E-state index contributed by atoms with van der Waals surface area (Å²) < 4.78 is 4.80. The Bertz CT molecular complexity index is 507. The first-order valence-electron chi connectivity index (χ1n) is 4.45. The number of hydrogen-bond donors (Lipinski definition) is 0. The molecule has 0 atom stereocenters. The fourth-order valence-electron chi connectivity index (χ4n) is 1.08. The van der Waals surface area contributed by atoms with Gasteiger partial charge in [-0.2, -0.15) is 10.5 Å². The third-order valence-corrected chi connectivity index (χ3v) is 1.83. The number of ether oxygens (including phenoxy) is 1. The number of rotatable bonds is 3. The molecule has 0 amide bonds. The maximum atomic E-state index is 11.4. The number of benzene rings is 1. The molecule has 0 N–H and O–H groups in total. The molecule has 0 aliphatic heterocycles. The number of nitriles is 2. The van der Waals surface area contributed by atoms with E-state index in [-0.39, 0.29) is 23.3 Å². The predicted octanol–water partition coefficient (Wildman–Crippen LogP) is 1.77. The minimum atomic E-state index is -0.541. The predicted molar refractivity (Wildman–Crippen MR) is 56.4 cm³/mol. The lowest BCUT2D eigenvalue weighted by atomic mass is 10.1. The van der Waals surface area contributed by atoms with Crippen molar-refractivity contribution in [3.8, 4) is 12.1 Å². The fourth-order valence-corrected chi connectivity index (χ4v) is 1.08. The summed E-state index contributed by atoms with van der Waals surface area (Å²) in [6, 6.07) is 7.92. The number of esters is 1. The average Bonchev–Trinajstić information content (AvgIpc) is 2.34. The van der Waals surface area contributed by atoms with Crippen LogP contribution in [0.15, 0.2) is 30.9 Å². The molecule has 4 heteroatoms. The highest BCUT2D eigenvalue weighted by Crippen LogP contribution is 2.11. The molecule has 1 rings (SSSR count). The van der Waals surface area contributed by atoms with Gasteiger partial charge < -0.3 is 4.74 Å². The number of hydrogen-bond acceptors (Lipinski definition) is 4. The lowest BCUT2D eigenvalue weighted by molar-refractivity contribution is 0.0549. The van der Waals surface area contributed by atoms with Crippen molar-refractivity contribution in [2.75, 3.05) is 6.61 Å². The largest absolute Gasteiger partial charge is 0.458 e. The third kappa shape index (κ3) is 2.46. The second-order valence-corrected chi connectivity index (χ2v) is 2.87. The molecule has 0 aliphatic carbocycles. The topological polar surface area (TPSA) is 73.9 Å². The Kier molecular flexibility index (Phi) is 3.83. The molecule has 0 aromatic heterocycles. The van der Waals surface area contributed by atoms with Gasteiger partial charge >= 0.3 is 5.97 Å². The van der Waals surface area contributed by atoms with Gasteiger partial charge in [-0.3, -0.25) is 0 Å². The molecular weight excluding hydrogens is 204 g/mol. The highest BCUT2D eigenvalue weighted by molar-refractivity contribution is 5.90. The van der Waals surface area contributed by atoms with Gasteiger partial charge in [0.2, 0.25) is 0 Å². The molecule has 0 bridgehead atoms. The quantitative estimate of drug-likeness (QED) is 0.565. The number of nitrogens with zero attached hydrogens (tertiary/aromatic N) is 2. The second-order valence-electron chi connectivity index (χ2n) is 2.87. The van der Waals surface area contributed by atoms with E-state index in [9.17, 15) is 4.79 Å². The molecule has 1 aromatic carbocycles. The van der Waals surface area contributed by atoms with Crippen LogP contribution in [-0.2, 0) is 4.74 Å². The third-order valence-electron chi connectivity index (χ3n) is 1.83. The first-order valence-corrected chi connectivity index (χ1v) is 4.45. The van der Waals surface area contributed by atoms with Crippen LogP contribution in [0.3, 0.4) is 0 Å². The highest BCUT2D eigenvalue weighted by atomic mass is 16.5. The van der Waals surface area contributed by atoms with E-state index in [2.05, 4.69) is 6.58 Å². The van der Waals surface area contributed by atoms with Gasteiger partial charge in [0.05, 0.1) is 16.7 Å². The Morgan fingerprint density at radius 1 is 1.38 bits per heavy atom. The zero-order valence-corrected chi connectivity index (χ0v) is 8.43. The van der Waals surface area contributed by atoms with E-state index in [1.54, 1.807) is 0 Å². The molecule has 0 aliphatic rings. The lowest BCUT2D eigenvalue weighted by Gasteiger charge is -2.02. The van der Waals surface area contributed by atoms with Crippen LogP contribution in [-0.4, -0.2) is 12.6 Å². The normalized spacial score (nSPS) is 8.62. The van der Waals surface area contributed by atoms with E-state index in [1.165, 1.54) is 24.3 Å². The van der Waals surface area contributed by atoms with E-state index in [0.29, 0.717) is 0 Å².